The van der Waals surface area contributed by atoms with E-state index >= 15 is 0 Å². The van der Waals surface area contributed by atoms with Crippen molar-refractivity contribution in [3.05, 3.63) is 47.8 Å². The molecular weight excluding hydrogens is 273 g/mol. The van der Waals surface area contributed by atoms with Gasteiger partial charge in [0, 0.05) is 18.3 Å². The van der Waals surface area contributed by atoms with E-state index in [4.69, 9.17) is 14.2 Å². The number of hydrogen-bond acceptors (Lipinski definition) is 4. The summed E-state index contributed by atoms with van der Waals surface area (Å²) in [7, 11) is 4.64. The number of aliphatic imine (C=N–C) groups is 1. The van der Waals surface area contributed by atoms with Crippen molar-refractivity contribution >= 4 is 11.9 Å². The van der Waals surface area contributed by atoms with Crippen molar-refractivity contribution < 1.29 is 18.6 Å². The Hall–Kier alpha value is -2.56. The zero-order valence-corrected chi connectivity index (χ0v) is 12.1. The molecule has 2 aromatic rings. The third-order valence-corrected chi connectivity index (χ3v) is 2.88. The quantitative estimate of drug-likeness (QED) is 0.790. The van der Waals surface area contributed by atoms with Gasteiger partial charge in [-0.2, -0.15) is 0 Å². The van der Waals surface area contributed by atoms with Gasteiger partial charge < -0.3 is 14.2 Å². The minimum atomic E-state index is -0.278. The first kappa shape index (κ1) is 14.8. The topological polar surface area (TPSA) is 40.0 Å². The van der Waals surface area contributed by atoms with Crippen LogP contribution >= 0.6 is 0 Å². The average Bonchev–Trinajstić information content (AvgIpc) is 2.53. The molecule has 0 aliphatic carbocycles. The molecule has 0 bridgehead atoms. The lowest BCUT2D eigenvalue weighted by Crippen LogP contribution is -1.94. The Morgan fingerprint density at radius 1 is 0.905 bits per heavy atom. The van der Waals surface area contributed by atoms with Crippen LogP contribution in [0.2, 0.25) is 0 Å². The molecule has 21 heavy (non-hydrogen) atoms. The van der Waals surface area contributed by atoms with Crippen molar-refractivity contribution in [3.8, 4) is 17.2 Å². The highest BCUT2D eigenvalue weighted by Gasteiger charge is 2.12. The second-order valence-electron chi connectivity index (χ2n) is 4.19. The number of ether oxygens (including phenoxy) is 3. The molecule has 2 aromatic carbocycles. The van der Waals surface area contributed by atoms with E-state index in [0.29, 0.717) is 22.9 Å². The second-order valence-corrected chi connectivity index (χ2v) is 4.19. The molecular formula is C16H16FNO3. The Kier molecular flexibility index (Phi) is 4.77. The normalized spacial score (nSPS) is 10.7. The third-order valence-electron chi connectivity index (χ3n) is 2.88. The standard InChI is InChI=1S/C16H16FNO3/c1-19-14-8-13(9-15(20-2)16(14)21-3)18-10-11-4-6-12(17)7-5-11/h4-10H,1-3H3. The van der Waals surface area contributed by atoms with E-state index < -0.39 is 0 Å². The van der Waals surface area contributed by atoms with Crippen LogP contribution in [0.1, 0.15) is 5.56 Å². The lowest BCUT2D eigenvalue weighted by molar-refractivity contribution is 0.324. The SMILES string of the molecule is COc1cc(N=Cc2ccc(F)cc2)cc(OC)c1OC. The largest absolute Gasteiger partial charge is 0.493 e. The van der Waals surface area contributed by atoms with Gasteiger partial charge in [0.15, 0.2) is 11.5 Å². The predicted octanol–water partition coefficient (Wildman–Crippen LogP) is 3.60. The summed E-state index contributed by atoms with van der Waals surface area (Å²) in [5, 5.41) is 0. The molecule has 0 saturated heterocycles. The molecule has 0 fully saturated rings. The first-order chi connectivity index (χ1) is 10.2. The van der Waals surface area contributed by atoms with Crippen LogP contribution < -0.4 is 14.2 Å². The zero-order valence-electron chi connectivity index (χ0n) is 12.1. The van der Waals surface area contributed by atoms with Gasteiger partial charge in [-0.15, -0.1) is 0 Å². The fraction of sp³-hybridized carbons (Fsp3) is 0.188. The Balaban J connectivity index is 2.33. The molecule has 0 N–H and O–H groups in total. The maximum Gasteiger partial charge on any atom is 0.203 e. The molecule has 110 valence electrons. The maximum atomic E-state index is 12.8. The van der Waals surface area contributed by atoms with Crippen LogP contribution in [0.4, 0.5) is 10.1 Å². The fourth-order valence-corrected chi connectivity index (χ4v) is 1.84. The van der Waals surface area contributed by atoms with Crippen molar-refractivity contribution in [2.75, 3.05) is 21.3 Å². The van der Waals surface area contributed by atoms with Crippen LogP contribution in [0.25, 0.3) is 0 Å². The highest BCUT2D eigenvalue weighted by atomic mass is 19.1. The van der Waals surface area contributed by atoms with E-state index in [2.05, 4.69) is 4.99 Å². The Morgan fingerprint density at radius 2 is 1.48 bits per heavy atom. The predicted molar refractivity (Wildman–Crippen MR) is 79.8 cm³/mol. The summed E-state index contributed by atoms with van der Waals surface area (Å²) in [5.74, 6) is 1.30. The van der Waals surface area contributed by atoms with E-state index in [0.717, 1.165) is 5.56 Å². The molecule has 0 aliphatic heterocycles. The van der Waals surface area contributed by atoms with E-state index in [1.165, 1.54) is 12.1 Å². The molecule has 4 nitrogen and oxygen atoms in total. The van der Waals surface area contributed by atoms with Crippen LogP contribution in [-0.2, 0) is 0 Å². The number of halogens is 1. The summed E-state index contributed by atoms with van der Waals surface area (Å²) in [6.45, 7) is 0. The van der Waals surface area contributed by atoms with Gasteiger partial charge in [0.05, 0.1) is 27.0 Å². The van der Waals surface area contributed by atoms with E-state index in [1.54, 1.807) is 51.8 Å². The van der Waals surface area contributed by atoms with Crippen LogP contribution in [0, 0.1) is 5.82 Å². The molecule has 0 radical (unpaired) electrons. The van der Waals surface area contributed by atoms with Crippen LogP contribution in [0.5, 0.6) is 17.2 Å². The number of rotatable bonds is 5. The van der Waals surface area contributed by atoms with Crippen LogP contribution in [0.15, 0.2) is 41.4 Å². The molecule has 0 aliphatic rings. The first-order valence-corrected chi connectivity index (χ1v) is 6.27. The lowest BCUT2D eigenvalue weighted by atomic mass is 10.2. The average molecular weight is 289 g/mol. The van der Waals surface area contributed by atoms with Gasteiger partial charge in [-0.3, -0.25) is 4.99 Å². The molecule has 2 rings (SSSR count). The van der Waals surface area contributed by atoms with Crippen molar-refractivity contribution in [2.24, 2.45) is 4.99 Å². The van der Waals surface area contributed by atoms with Crippen LogP contribution in [-0.4, -0.2) is 27.5 Å². The van der Waals surface area contributed by atoms with Crippen molar-refractivity contribution in [2.45, 2.75) is 0 Å². The van der Waals surface area contributed by atoms with Gasteiger partial charge in [0.25, 0.3) is 0 Å². The van der Waals surface area contributed by atoms with Crippen molar-refractivity contribution in [3.63, 3.8) is 0 Å². The van der Waals surface area contributed by atoms with Gasteiger partial charge in [0.1, 0.15) is 5.82 Å². The first-order valence-electron chi connectivity index (χ1n) is 6.27. The summed E-state index contributed by atoms with van der Waals surface area (Å²) in [5.41, 5.74) is 1.44. The molecule has 0 aromatic heterocycles. The van der Waals surface area contributed by atoms with Gasteiger partial charge >= 0.3 is 0 Å². The summed E-state index contributed by atoms with van der Waals surface area (Å²) in [4.78, 5) is 4.34. The molecule has 0 saturated carbocycles. The monoisotopic (exact) mass is 289 g/mol. The van der Waals surface area contributed by atoms with Gasteiger partial charge in [-0.05, 0) is 17.7 Å². The molecule has 0 spiro atoms. The van der Waals surface area contributed by atoms with Crippen molar-refractivity contribution in [1.82, 2.24) is 0 Å². The minimum Gasteiger partial charge on any atom is -0.493 e. The van der Waals surface area contributed by atoms with E-state index in [1.807, 2.05) is 0 Å². The molecule has 5 heteroatoms. The molecule has 0 heterocycles. The van der Waals surface area contributed by atoms with Crippen molar-refractivity contribution in [1.29, 1.82) is 0 Å². The van der Waals surface area contributed by atoms with E-state index in [9.17, 15) is 4.39 Å². The zero-order chi connectivity index (χ0) is 15.2. The number of benzene rings is 2. The number of nitrogens with zero attached hydrogens (tertiary/aromatic N) is 1. The second kappa shape index (κ2) is 6.74. The fourth-order valence-electron chi connectivity index (χ4n) is 1.84. The Morgan fingerprint density at radius 3 is 1.95 bits per heavy atom. The summed E-state index contributed by atoms with van der Waals surface area (Å²) < 4.78 is 28.6. The van der Waals surface area contributed by atoms with E-state index in [-0.39, 0.29) is 5.82 Å². The molecule has 0 atom stereocenters. The summed E-state index contributed by atoms with van der Waals surface area (Å²) >= 11 is 0. The smallest absolute Gasteiger partial charge is 0.203 e. The van der Waals surface area contributed by atoms with Crippen LogP contribution in [0.3, 0.4) is 0 Å². The van der Waals surface area contributed by atoms with Gasteiger partial charge in [-0.25, -0.2) is 4.39 Å². The molecule has 0 amide bonds. The Bertz CT molecular complexity index is 613. The Labute approximate surface area is 122 Å². The van der Waals surface area contributed by atoms with Gasteiger partial charge in [0.2, 0.25) is 5.75 Å². The maximum absolute atomic E-state index is 12.8. The third kappa shape index (κ3) is 3.51. The summed E-state index contributed by atoms with van der Waals surface area (Å²) in [6.07, 6.45) is 1.64. The lowest BCUT2D eigenvalue weighted by Gasteiger charge is -2.12. The van der Waals surface area contributed by atoms with Gasteiger partial charge in [-0.1, -0.05) is 12.1 Å². The summed E-state index contributed by atoms with van der Waals surface area (Å²) in [6, 6.07) is 9.55. The molecule has 0 unspecified atom stereocenters. The highest BCUT2D eigenvalue weighted by Crippen LogP contribution is 2.40. The minimum absolute atomic E-state index is 0.278. The highest BCUT2D eigenvalue weighted by molar-refractivity contribution is 5.82. The number of hydrogen-bond donors (Lipinski definition) is 0. The number of methoxy groups -OCH3 is 3.